The van der Waals surface area contributed by atoms with Gasteiger partial charge in [-0.25, -0.2) is 0 Å². The summed E-state index contributed by atoms with van der Waals surface area (Å²) >= 11 is 0. The highest BCUT2D eigenvalue weighted by Gasteiger charge is 2.49. The third-order valence-electron chi connectivity index (χ3n) is 4.32. The molecule has 1 aliphatic heterocycles. The molecule has 1 fully saturated rings. The van der Waals surface area contributed by atoms with Gasteiger partial charge in [-0.05, 0) is 59.4 Å². The van der Waals surface area contributed by atoms with E-state index in [1.807, 2.05) is 0 Å². The highest BCUT2D eigenvalue weighted by Crippen LogP contribution is 2.44. The fraction of sp³-hybridized carbons (Fsp3) is 0.778. The molecule has 0 aromatic carbocycles. The fourth-order valence-corrected chi connectivity index (χ4v) is 4.29. The van der Waals surface area contributed by atoms with Crippen LogP contribution < -0.4 is 0 Å². The Hall–Kier alpha value is -0.343. The number of epoxide rings is 1. The van der Waals surface area contributed by atoms with Crippen molar-refractivity contribution >= 4 is 8.07 Å². The molecule has 1 saturated heterocycles. The van der Waals surface area contributed by atoms with Crippen molar-refractivity contribution in [3.63, 3.8) is 0 Å². The largest absolute Gasteiger partial charge is 0.367 e. The molecular formula is C18H34OSi. The molecule has 116 valence electrons. The van der Waals surface area contributed by atoms with Gasteiger partial charge in [-0.1, -0.05) is 42.9 Å². The second kappa shape index (κ2) is 6.61. The van der Waals surface area contributed by atoms with E-state index < -0.39 is 8.07 Å². The zero-order valence-electron chi connectivity index (χ0n) is 14.8. The van der Waals surface area contributed by atoms with Crippen molar-refractivity contribution in [2.45, 2.75) is 90.8 Å². The number of hydrogen-bond acceptors (Lipinski definition) is 1. The topological polar surface area (TPSA) is 12.5 Å². The van der Waals surface area contributed by atoms with Crippen LogP contribution in [0.25, 0.3) is 0 Å². The van der Waals surface area contributed by atoms with E-state index in [4.69, 9.17) is 4.74 Å². The monoisotopic (exact) mass is 294 g/mol. The van der Waals surface area contributed by atoms with Gasteiger partial charge < -0.3 is 4.74 Å². The van der Waals surface area contributed by atoms with Gasteiger partial charge in [0.05, 0.1) is 19.8 Å². The van der Waals surface area contributed by atoms with E-state index >= 15 is 0 Å². The Morgan fingerprint density at radius 3 is 2.15 bits per heavy atom. The van der Waals surface area contributed by atoms with Crippen LogP contribution in [0.1, 0.15) is 53.9 Å². The Bertz CT molecular complexity index is 381. The molecule has 0 radical (unpaired) electrons. The lowest BCUT2D eigenvalue weighted by molar-refractivity contribution is 0.320. The zero-order chi connectivity index (χ0) is 15.6. The van der Waals surface area contributed by atoms with Gasteiger partial charge in [-0.15, -0.1) is 0 Å². The minimum Gasteiger partial charge on any atom is -0.367 e. The average molecular weight is 295 g/mol. The number of ether oxygens (including phenoxy) is 1. The Morgan fingerprint density at radius 1 is 1.20 bits per heavy atom. The van der Waals surface area contributed by atoms with Gasteiger partial charge in [-0.3, -0.25) is 0 Å². The maximum atomic E-state index is 5.81. The van der Waals surface area contributed by atoms with Crippen molar-refractivity contribution in [1.29, 1.82) is 0 Å². The summed E-state index contributed by atoms with van der Waals surface area (Å²) in [6.07, 6.45) is 8.95. The smallest absolute Gasteiger partial charge is 0.0892 e. The van der Waals surface area contributed by atoms with Crippen molar-refractivity contribution in [1.82, 2.24) is 0 Å². The molecule has 1 rings (SSSR count). The van der Waals surface area contributed by atoms with Crippen LogP contribution in [0, 0.1) is 0 Å². The Kier molecular flexibility index (Phi) is 5.86. The van der Waals surface area contributed by atoms with Crippen molar-refractivity contribution in [2.75, 3.05) is 0 Å². The molecule has 1 heterocycles. The molecule has 20 heavy (non-hydrogen) atoms. The first-order valence-electron chi connectivity index (χ1n) is 8.01. The molecule has 0 spiro atoms. The minimum absolute atomic E-state index is 0.127. The number of rotatable bonds is 7. The first-order chi connectivity index (χ1) is 9.02. The maximum Gasteiger partial charge on any atom is 0.0892 e. The van der Waals surface area contributed by atoms with Crippen LogP contribution in [0.4, 0.5) is 0 Å². The molecule has 0 saturated carbocycles. The van der Waals surface area contributed by atoms with Gasteiger partial charge in [0, 0.05) is 0 Å². The van der Waals surface area contributed by atoms with Gasteiger partial charge in [0.1, 0.15) is 0 Å². The molecule has 0 N–H and O–H groups in total. The van der Waals surface area contributed by atoms with Gasteiger partial charge in [-0.2, -0.15) is 0 Å². The van der Waals surface area contributed by atoms with Crippen LogP contribution >= 0.6 is 0 Å². The average Bonchev–Trinajstić information content (AvgIpc) is 2.83. The van der Waals surface area contributed by atoms with E-state index in [0.717, 1.165) is 5.54 Å². The molecule has 0 bridgehead atoms. The summed E-state index contributed by atoms with van der Waals surface area (Å²) in [5.74, 6) is 0. The molecule has 0 aliphatic carbocycles. The van der Waals surface area contributed by atoms with Crippen LogP contribution in [0.5, 0.6) is 0 Å². The summed E-state index contributed by atoms with van der Waals surface area (Å²) in [6.45, 7) is 18.5. The first-order valence-corrected chi connectivity index (χ1v) is 11.6. The van der Waals surface area contributed by atoms with E-state index in [2.05, 4.69) is 66.4 Å². The summed E-state index contributed by atoms with van der Waals surface area (Å²) in [5.41, 5.74) is 3.84. The highest BCUT2D eigenvalue weighted by molar-refractivity contribution is 6.78. The predicted octanol–water partition coefficient (Wildman–Crippen LogP) is 5.96. The van der Waals surface area contributed by atoms with Gasteiger partial charge in [0.15, 0.2) is 0 Å². The lowest BCUT2D eigenvalue weighted by atomic mass is 10.0. The van der Waals surface area contributed by atoms with Crippen molar-refractivity contribution in [2.24, 2.45) is 0 Å². The standard InChI is InChI=1S/C18H34OSi/c1-14(2)10-9-11-15(3)12-16(20(6,7)8)13-17-18(4,5)19-17/h10,12,16-17H,9,11,13H2,1-8H3/b15-12+. The summed E-state index contributed by atoms with van der Waals surface area (Å²) < 4.78 is 5.81. The van der Waals surface area contributed by atoms with Crippen LogP contribution in [0.3, 0.4) is 0 Å². The van der Waals surface area contributed by atoms with E-state index in [1.54, 1.807) is 5.57 Å². The molecule has 2 atom stereocenters. The lowest BCUT2D eigenvalue weighted by Crippen LogP contribution is -2.29. The van der Waals surface area contributed by atoms with E-state index in [9.17, 15) is 0 Å². The SMILES string of the molecule is CC(C)=CCC/C(C)=C/C(CC1OC1(C)C)[Si](C)(C)C. The predicted molar refractivity (Wildman–Crippen MR) is 93.1 cm³/mol. The summed E-state index contributed by atoms with van der Waals surface area (Å²) in [6, 6.07) is 0. The summed E-state index contributed by atoms with van der Waals surface area (Å²) in [5, 5.41) is 0. The molecule has 1 aliphatic rings. The normalized spacial score (nSPS) is 23.4. The van der Waals surface area contributed by atoms with E-state index in [1.165, 1.54) is 24.8 Å². The van der Waals surface area contributed by atoms with Crippen LogP contribution in [-0.4, -0.2) is 19.8 Å². The van der Waals surface area contributed by atoms with Crippen LogP contribution in [-0.2, 0) is 4.74 Å². The van der Waals surface area contributed by atoms with Gasteiger partial charge in [0.25, 0.3) is 0 Å². The van der Waals surface area contributed by atoms with E-state index in [-0.39, 0.29) is 5.60 Å². The molecular weight excluding hydrogens is 260 g/mol. The first kappa shape index (κ1) is 17.7. The highest BCUT2D eigenvalue weighted by atomic mass is 28.3. The summed E-state index contributed by atoms with van der Waals surface area (Å²) in [7, 11) is -1.17. The Morgan fingerprint density at radius 2 is 1.75 bits per heavy atom. The second-order valence-corrected chi connectivity index (χ2v) is 13.7. The van der Waals surface area contributed by atoms with Gasteiger partial charge in [0.2, 0.25) is 0 Å². The van der Waals surface area contributed by atoms with Crippen molar-refractivity contribution < 1.29 is 4.74 Å². The lowest BCUT2D eigenvalue weighted by Gasteiger charge is -2.27. The van der Waals surface area contributed by atoms with Crippen molar-refractivity contribution in [3.8, 4) is 0 Å². The van der Waals surface area contributed by atoms with Crippen molar-refractivity contribution in [3.05, 3.63) is 23.3 Å². The number of allylic oxidation sites excluding steroid dienone is 4. The zero-order valence-corrected chi connectivity index (χ0v) is 15.8. The molecule has 0 aromatic rings. The third kappa shape index (κ3) is 5.97. The molecule has 0 amide bonds. The quantitative estimate of drug-likeness (QED) is 0.321. The molecule has 2 heteroatoms. The Balaban J connectivity index is 2.62. The van der Waals surface area contributed by atoms with Crippen LogP contribution in [0.2, 0.25) is 25.2 Å². The second-order valence-electron chi connectivity index (χ2n) is 8.25. The number of hydrogen-bond donors (Lipinski definition) is 0. The summed E-state index contributed by atoms with van der Waals surface area (Å²) in [4.78, 5) is 0. The Labute approximate surface area is 127 Å². The minimum atomic E-state index is -1.17. The maximum absolute atomic E-state index is 5.81. The van der Waals surface area contributed by atoms with Gasteiger partial charge >= 0.3 is 0 Å². The fourth-order valence-electron chi connectivity index (χ4n) is 2.58. The van der Waals surface area contributed by atoms with E-state index in [0.29, 0.717) is 6.10 Å². The molecule has 1 nitrogen and oxygen atoms in total. The molecule has 0 aromatic heterocycles. The third-order valence-corrected chi connectivity index (χ3v) is 6.95. The van der Waals surface area contributed by atoms with Crippen LogP contribution in [0.15, 0.2) is 23.3 Å². The molecule has 2 unspecified atom stereocenters.